The maximum absolute atomic E-state index is 12.0. The van der Waals surface area contributed by atoms with Crippen molar-refractivity contribution in [3.63, 3.8) is 0 Å². The maximum Gasteiger partial charge on any atom is 0.240 e. The second kappa shape index (κ2) is 8.74. The van der Waals surface area contributed by atoms with Crippen molar-refractivity contribution in [2.24, 2.45) is 0 Å². The molecular formula is C14H21N3O3S. The van der Waals surface area contributed by atoms with E-state index in [1.165, 1.54) is 12.1 Å². The van der Waals surface area contributed by atoms with Crippen LogP contribution in [0.1, 0.15) is 5.56 Å². The third kappa shape index (κ3) is 6.69. The summed E-state index contributed by atoms with van der Waals surface area (Å²) >= 11 is 0. The molecule has 6 nitrogen and oxygen atoms in total. The predicted molar refractivity (Wildman–Crippen MR) is 80.3 cm³/mol. The van der Waals surface area contributed by atoms with Crippen LogP contribution in [-0.4, -0.2) is 53.7 Å². The van der Waals surface area contributed by atoms with Crippen molar-refractivity contribution in [1.82, 2.24) is 9.62 Å². The second-order valence-electron chi connectivity index (χ2n) is 4.79. The van der Waals surface area contributed by atoms with Gasteiger partial charge in [0.2, 0.25) is 10.0 Å². The number of hydrogen-bond acceptors (Lipinski definition) is 5. The summed E-state index contributed by atoms with van der Waals surface area (Å²) < 4.78 is 31.8. The van der Waals surface area contributed by atoms with E-state index >= 15 is 0 Å². The molecule has 0 aliphatic carbocycles. The highest BCUT2D eigenvalue weighted by atomic mass is 32.2. The van der Waals surface area contributed by atoms with Gasteiger partial charge in [0.05, 0.1) is 30.6 Å². The SMILES string of the molecule is CN(C)CCOCCNS(=O)(=O)c1ccc(CC#N)cc1. The summed E-state index contributed by atoms with van der Waals surface area (Å²) in [7, 11) is 0.374. The topological polar surface area (TPSA) is 82.4 Å². The minimum absolute atomic E-state index is 0.192. The summed E-state index contributed by atoms with van der Waals surface area (Å²) in [6, 6.07) is 8.31. The van der Waals surface area contributed by atoms with E-state index in [2.05, 4.69) is 4.72 Å². The molecule has 0 aliphatic heterocycles. The monoisotopic (exact) mass is 311 g/mol. The number of ether oxygens (including phenoxy) is 1. The molecule has 1 rings (SSSR count). The Morgan fingerprint density at radius 2 is 1.90 bits per heavy atom. The van der Waals surface area contributed by atoms with E-state index in [9.17, 15) is 8.42 Å². The predicted octanol–water partition coefficient (Wildman–Crippen LogP) is 0.609. The number of sulfonamides is 1. The summed E-state index contributed by atoms with van der Waals surface area (Å²) in [4.78, 5) is 2.19. The van der Waals surface area contributed by atoms with Crippen LogP contribution in [0.3, 0.4) is 0 Å². The molecule has 116 valence electrons. The summed E-state index contributed by atoms with van der Waals surface area (Å²) in [5, 5.41) is 8.57. The van der Waals surface area contributed by atoms with Gasteiger partial charge in [0.25, 0.3) is 0 Å². The van der Waals surface area contributed by atoms with Gasteiger partial charge in [0, 0.05) is 13.1 Å². The standard InChI is InChI=1S/C14H21N3O3S/c1-17(2)10-12-20-11-9-16-21(18,19)14-5-3-13(4-6-14)7-8-15/h3-6,16H,7,9-12H2,1-2H3. The van der Waals surface area contributed by atoms with E-state index in [1.54, 1.807) is 12.1 Å². The number of hydrogen-bond donors (Lipinski definition) is 1. The highest BCUT2D eigenvalue weighted by molar-refractivity contribution is 7.89. The summed E-state index contributed by atoms with van der Waals surface area (Å²) in [5.41, 5.74) is 0.795. The zero-order valence-electron chi connectivity index (χ0n) is 12.4. The lowest BCUT2D eigenvalue weighted by molar-refractivity contribution is 0.122. The van der Waals surface area contributed by atoms with Gasteiger partial charge in [-0.2, -0.15) is 5.26 Å². The zero-order valence-corrected chi connectivity index (χ0v) is 13.2. The molecule has 1 aromatic rings. The second-order valence-corrected chi connectivity index (χ2v) is 6.56. The van der Waals surface area contributed by atoms with E-state index in [0.29, 0.717) is 13.2 Å². The fourth-order valence-electron chi connectivity index (χ4n) is 1.56. The lowest BCUT2D eigenvalue weighted by atomic mass is 10.2. The van der Waals surface area contributed by atoms with Gasteiger partial charge in [-0.05, 0) is 31.8 Å². The highest BCUT2D eigenvalue weighted by Gasteiger charge is 2.12. The molecule has 0 spiro atoms. The average Bonchev–Trinajstić information content (AvgIpc) is 2.43. The number of rotatable bonds is 9. The first-order chi connectivity index (χ1) is 9.95. The van der Waals surface area contributed by atoms with Crippen LogP contribution < -0.4 is 4.72 Å². The number of likely N-dealkylation sites (N-methyl/N-ethyl adjacent to an activating group) is 1. The van der Waals surface area contributed by atoms with E-state index in [4.69, 9.17) is 10.00 Å². The Morgan fingerprint density at radius 3 is 2.48 bits per heavy atom. The molecule has 0 aliphatic rings. The van der Waals surface area contributed by atoms with Crippen LogP contribution in [0.2, 0.25) is 0 Å². The summed E-state index contributed by atoms with van der Waals surface area (Å²) in [5.74, 6) is 0. The normalized spacial score (nSPS) is 11.5. The molecule has 0 unspecified atom stereocenters. The quantitative estimate of drug-likeness (QED) is 0.676. The molecule has 0 heterocycles. The van der Waals surface area contributed by atoms with Gasteiger partial charge in [-0.25, -0.2) is 13.1 Å². The third-order valence-corrected chi connectivity index (χ3v) is 4.22. The molecule has 21 heavy (non-hydrogen) atoms. The summed E-state index contributed by atoms with van der Waals surface area (Å²) in [6.07, 6.45) is 0.271. The number of nitrogens with one attached hydrogen (secondary N) is 1. The molecule has 0 aromatic heterocycles. The number of nitriles is 1. The molecule has 7 heteroatoms. The highest BCUT2D eigenvalue weighted by Crippen LogP contribution is 2.10. The lowest BCUT2D eigenvalue weighted by Crippen LogP contribution is -2.28. The molecule has 0 bridgehead atoms. The zero-order chi connectivity index (χ0) is 15.7. The minimum Gasteiger partial charge on any atom is -0.379 e. The van der Waals surface area contributed by atoms with Crippen LogP contribution in [0, 0.1) is 11.3 Å². The van der Waals surface area contributed by atoms with Gasteiger partial charge >= 0.3 is 0 Å². The molecule has 0 saturated carbocycles. The van der Waals surface area contributed by atoms with Crippen LogP contribution in [-0.2, 0) is 21.2 Å². The molecule has 1 N–H and O–H groups in total. The Bertz CT molecular complexity index is 562. The molecular weight excluding hydrogens is 290 g/mol. The first-order valence-electron chi connectivity index (χ1n) is 6.64. The van der Waals surface area contributed by atoms with Crippen molar-refractivity contribution in [1.29, 1.82) is 5.26 Å². The van der Waals surface area contributed by atoms with E-state index in [0.717, 1.165) is 12.1 Å². The smallest absolute Gasteiger partial charge is 0.240 e. The molecule has 0 atom stereocenters. The fourth-order valence-corrected chi connectivity index (χ4v) is 2.57. The largest absolute Gasteiger partial charge is 0.379 e. The van der Waals surface area contributed by atoms with Crippen molar-refractivity contribution < 1.29 is 13.2 Å². The van der Waals surface area contributed by atoms with Gasteiger partial charge in [-0.1, -0.05) is 12.1 Å². The van der Waals surface area contributed by atoms with Crippen LogP contribution in [0.4, 0.5) is 0 Å². The van der Waals surface area contributed by atoms with Gasteiger partial charge in [-0.15, -0.1) is 0 Å². The molecule has 0 radical (unpaired) electrons. The molecule has 0 saturated heterocycles. The first-order valence-corrected chi connectivity index (χ1v) is 8.12. The molecule has 0 amide bonds. The van der Waals surface area contributed by atoms with Crippen molar-refractivity contribution in [2.75, 3.05) is 40.4 Å². The number of nitrogens with zero attached hydrogens (tertiary/aromatic N) is 2. The van der Waals surface area contributed by atoms with Crippen LogP contribution >= 0.6 is 0 Å². The maximum atomic E-state index is 12.0. The summed E-state index contributed by atoms with van der Waals surface area (Å²) in [6.45, 7) is 1.93. The van der Waals surface area contributed by atoms with Gasteiger partial charge in [0.1, 0.15) is 0 Å². The Labute approximate surface area is 126 Å². The van der Waals surface area contributed by atoms with Gasteiger partial charge in [-0.3, -0.25) is 0 Å². The minimum atomic E-state index is -3.52. The van der Waals surface area contributed by atoms with E-state index in [1.807, 2.05) is 25.1 Å². The first kappa shape index (κ1) is 17.6. The van der Waals surface area contributed by atoms with Gasteiger partial charge < -0.3 is 9.64 Å². The molecule has 0 fully saturated rings. The van der Waals surface area contributed by atoms with Crippen LogP contribution in [0.15, 0.2) is 29.2 Å². The molecule has 1 aromatic carbocycles. The Hall–Kier alpha value is -1.46. The van der Waals surface area contributed by atoms with Crippen LogP contribution in [0.5, 0.6) is 0 Å². The average molecular weight is 311 g/mol. The fraction of sp³-hybridized carbons (Fsp3) is 0.500. The van der Waals surface area contributed by atoms with Crippen molar-refractivity contribution in [3.05, 3.63) is 29.8 Å². The van der Waals surface area contributed by atoms with Crippen molar-refractivity contribution in [2.45, 2.75) is 11.3 Å². The van der Waals surface area contributed by atoms with E-state index in [-0.39, 0.29) is 17.9 Å². The van der Waals surface area contributed by atoms with Gasteiger partial charge in [0.15, 0.2) is 0 Å². The Morgan fingerprint density at radius 1 is 1.24 bits per heavy atom. The Kier molecular flexibility index (Phi) is 7.32. The third-order valence-electron chi connectivity index (χ3n) is 2.74. The van der Waals surface area contributed by atoms with E-state index < -0.39 is 10.0 Å². The lowest BCUT2D eigenvalue weighted by Gasteiger charge is -2.10. The van der Waals surface area contributed by atoms with Crippen LogP contribution in [0.25, 0.3) is 0 Å². The number of benzene rings is 1. The van der Waals surface area contributed by atoms with Crippen molar-refractivity contribution >= 4 is 10.0 Å². The Balaban J connectivity index is 2.41. The van der Waals surface area contributed by atoms with Crippen molar-refractivity contribution in [3.8, 4) is 6.07 Å².